The molecule has 72 valence electrons. The predicted molar refractivity (Wildman–Crippen MR) is 52.9 cm³/mol. The van der Waals surface area contributed by atoms with Crippen molar-refractivity contribution in [2.45, 2.75) is 19.4 Å². The van der Waals surface area contributed by atoms with Crippen LogP contribution in [0.15, 0.2) is 18.2 Å². The Hall–Kier alpha value is -0.570. The summed E-state index contributed by atoms with van der Waals surface area (Å²) >= 11 is 5.88. The predicted octanol–water partition coefficient (Wildman–Crippen LogP) is 2.06. The Bertz CT molecular complexity index is 286. The van der Waals surface area contributed by atoms with Crippen molar-refractivity contribution in [2.24, 2.45) is 0 Å². The van der Waals surface area contributed by atoms with E-state index in [1.165, 1.54) is 0 Å². The van der Waals surface area contributed by atoms with E-state index in [0.717, 1.165) is 11.1 Å². The number of aliphatic hydroxyl groups is 2. The maximum atomic E-state index is 9.52. The molecule has 0 aliphatic carbocycles. The van der Waals surface area contributed by atoms with Crippen LogP contribution < -0.4 is 0 Å². The van der Waals surface area contributed by atoms with E-state index in [1.54, 1.807) is 6.07 Å². The van der Waals surface area contributed by atoms with E-state index >= 15 is 0 Å². The van der Waals surface area contributed by atoms with Crippen LogP contribution in [-0.2, 0) is 0 Å². The summed E-state index contributed by atoms with van der Waals surface area (Å²) < 4.78 is 0. The fourth-order valence-corrected chi connectivity index (χ4v) is 1.29. The number of aryl methyl sites for hydroxylation is 1. The zero-order chi connectivity index (χ0) is 9.84. The summed E-state index contributed by atoms with van der Waals surface area (Å²) in [6.07, 6.45) is -0.276. The monoisotopic (exact) mass is 200 g/mol. The van der Waals surface area contributed by atoms with Crippen molar-refractivity contribution >= 4 is 11.6 Å². The van der Waals surface area contributed by atoms with E-state index in [0.29, 0.717) is 11.4 Å². The van der Waals surface area contributed by atoms with Crippen molar-refractivity contribution in [1.82, 2.24) is 0 Å². The standard InChI is InChI=1S/C10H13ClO2/c1-7-2-3-8(6-9(7)11)10(13)4-5-12/h2-3,6,10,12-13H,4-5H2,1H3. The van der Waals surface area contributed by atoms with Gasteiger partial charge in [-0.1, -0.05) is 23.7 Å². The van der Waals surface area contributed by atoms with Crippen molar-refractivity contribution in [3.8, 4) is 0 Å². The highest BCUT2D eigenvalue weighted by Crippen LogP contribution is 2.22. The second-order valence-electron chi connectivity index (χ2n) is 3.04. The van der Waals surface area contributed by atoms with Gasteiger partial charge in [-0.3, -0.25) is 0 Å². The number of hydrogen-bond donors (Lipinski definition) is 2. The van der Waals surface area contributed by atoms with E-state index in [2.05, 4.69) is 0 Å². The first-order valence-electron chi connectivity index (χ1n) is 4.20. The van der Waals surface area contributed by atoms with Crippen molar-refractivity contribution in [3.05, 3.63) is 34.3 Å². The molecule has 3 heteroatoms. The molecule has 1 rings (SSSR count). The molecule has 0 aliphatic heterocycles. The zero-order valence-corrected chi connectivity index (χ0v) is 8.25. The fourth-order valence-electron chi connectivity index (χ4n) is 1.11. The van der Waals surface area contributed by atoms with Gasteiger partial charge in [0.05, 0.1) is 6.10 Å². The Labute approximate surface area is 82.8 Å². The fraction of sp³-hybridized carbons (Fsp3) is 0.400. The molecule has 0 aliphatic rings. The first-order chi connectivity index (χ1) is 6.15. The molecule has 1 aromatic carbocycles. The zero-order valence-electron chi connectivity index (χ0n) is 7.50. The minimum Gasteiger partial charge on any atom is -0.396 e. The van der Waals surface area contributed by atoms with Crippen LogP contribution in [0.1, 0.15) is 23.7 Å². The SMILES string of the molecule is Cc1ccc(C(O)CCO)cc1Cl. The summed E-state index contributed by atoms with van der Waals surface area (Å²) in [6, 6.07) is 5.41. The average Bonchev–Trinajstić information content (AvgIpc) is 2.10. The minimum atomic E-state index is -0.622. The first kappa shape index (κ1) is 10.5. The Morgan fingerprint density at radius 3 is 2.69 bits per heavy atom. The van der Waals surface area contributed by atoms with Crippen molar-refractivity contribution in [2.75, 3.05) is 6.61 Å². The van der Waals surface area contributed by atoms with Gasteiger partial charge >= 0.3 is 0 Å². The van der Waals surface area contributed by atoms with Crippen LogP contribution in [0.5, 0.6) is 0 Å². The molecule has 0 heterocycles. The molecule has 0 fully saturated rings. The van der Waals surface area contributed by atoms with Crippen molar-refractivity contribution in [3.63, 3.8) is 0 Å². The normalized spacial score (nSPS) is 12.9. The number of rotatable bonds is 3. The summed E-state index contributed by atoms with van der Waals surface area (Å²) in [5.41, 5.74) is 1.74. The largest absolute Gasteiger partial charge is 0.396 e. The molecular weight excluding hydrogens is 188 g/mol. The van der Waals surface area contributed by atoms with Crippen LogP contribution in [0, 0.1) is 6.92 Å². The van der Waals surface area contributed by atoms with Crippen LogP contribution >= 0.6 is 11.6 Å². The molecule has 1 unspecified atom stereocenters. The van der Waals surface area contributed by atoms with Gasteiger partial charge in [0.15, 0.2) is 0 Å². The van der Waals surface area contributed by atoms with E-state index < -0.39 is 6.10 Å². The van der Waals surface area contributed by atoms with E-state index in [-0.39, 0.29) is 6.61 Å². The lowest BCUT2D eigenvalue weighted by molar-refractivity contribution is 0.134. The first-order valence-corrected chi connectivity index (χ1v) is 4.58. The van der Waals surface area contributed by atoms with Crippen LogP contribution in [0.25, 0.3) is 0 Å². The highest BCUT2D eigenvalue weighted by Gasteiger charge is 2.07. The number of benzene rings is 1. The molecule has 13 heavy (non-hydrogen) atoms. The molecule has 0 spiro atoms. The lowest BCUT2D eigenvalue weighted by Crippen LogP contribution is -2.00. The third kappa shape index (κ3) is 2.69. The molecule has 1 atom stereocenters. The highest BCUT2D eigenvalue weighted by atomic mass is 35.5. The van der Waals surface area contributed by atoms with Gasteiger partial charge in [0.25, 0.3) is 0 Å². The maximum absolute atomic E-state index is 9.52. The van der Waals surface area contributed by atoms with Crippen LogP contribution in [-0.4, -0.2) is 16.8 Å². The summed E-state index contributed by atoms with van der Waals surface area (Å²) in [5.74, 6) is 0. The van der Waals surface area contributed by atoms with Crippen molar-refractivity contribution < 1.29 is 10.2 Å². The second kappa shape index (κ2) is 4.61. The Kier molecular flexibility index (Phi) is 3.72. The Balaban J connectivity index is 2.84. The van der Waals surface area contributed by atoms with Gasteiger partial charge in [-0.2, -0.15) is 0 Å². The van der Waals surface area contributed by atoms with Gasteiger partial charge in [-0.25, -0.2) is 0 Å². The van der Waals surface area contributed by atoms with Gasteiger partial charge in [0.2, 0.25) is 0 Å². The van der Waals surface area contributed by atoms with Crippen molar-refractivity contribution in [1.29, 1.82) is 0 Å². The van der Waals surface area contributed by atoms with Gasteiger partial charge in [-0.15, -0.1) is 0 Å². The van der Waals surface area contributed by atoms with Gasteiger partial charge in [0.1, 0.15) is 0 Å². The molecule has 0 radical (unpaired) electrons. The Morgan fingerprint density at radius 1 is 1.46 bits per heavy atom. The summed E-state index contributed by atoms with van der Waals surface area (Å²) in [7, 11) is 0. The minimum absolute atomic E-state index is 0.0212. The highest BCUT2D eigenvalue weighted by molar-refractivity contribution is 6.31. The smallest absolute Gasteiger partial charge is 0.0812 e. The number of hydrogen-bond acceptors (Lipinski definition) is 2. The summed E-state index contributed by atoms with van der Waals surface area (Å²) in [4.78, 5) is 0. The third-order valence-corrected chi connectivity index (χ3v) is 2.39. The molecule has 0 bridgehead atoms. The van der Waals surface area contributed by atoms with E-state index in [1.807, 2.05) is 19.1 Å². The molecule has 0 amide bonds. The number of aliphatic hydroxyl groups excluding tert-OH is 2. The number of halogens is 1. The van der Waals surface area contributed by atoms with Gasteiger partial charge in [0, 0.05) is 18.1 Å². The van der Waals surface area contributed by atoms with E-state index in [9.17, 15) is 5.11 Å². The van der Waals surface area contributed by atoms with Crippen LogP contribution in [0.4, 0.5) is 0 Å². The van der Waals surface area contributed by atoms with E-state index in [4.69, 9.17) is 16.7 Å². The Morgan fingerprint density at radius 2 is 2.15 bits per heavy atom. The quantitative estimate of drug-likeness (QED) is 0.784. The molecular formula is C10H13ClO2. The molecule has 1 aromatic rings. The second-order valence-corrected chi connectivity index (χ2v) is 3.44. The van der Waals surface area contributed by atoms with Crippen LogP contribution in [0.2, 0.25) is 5.02 Å². The van der Waals surface area contributed by atoms with Crippen LogP contribution in [0.3, 0.4) is 0 Å². The maximum Gasteiger partial charge on any atom is 0.0812 e. The lowest BCUT2D eigenvalue weighted by Gasteiger charge is -2.10. The molecule has 0 saturated carbocycles. The topological polar surface area (TPSA) is 40.5 Å². The summed E-state index contributed by atoms with van der Waals surface area (Å²) in [5, 5.41) is 18.8. The third-order valence-electron chi connectivity index (χ3n) is 1.98. The average molecular weight is 201 g/mol. The van der Waals surface area contributed by atoms with Gasteiger partial charge in [-0.05, 0) is 24.1 Å². The lowest BCUT2D eigenvalue weighted by atomic mass is 10.1. The molecule has 0 saturated heterocycles. The molecule has 0 aromatic heterocycles. The molecule has 2 N–H and O–H groups in total. The van der Waals surface area contributed by atoms with Gasteiger partial charge < -0.3 is 10.2 Å². The molecule has 2 nitrogen and oxygen atoms in total. The summed E-state index contributed by atoms with van der Waals surface area (Å²) in [6.45, 7) is 1.89.